The predicted molar refractivity (Wildman–Crippen MR) is 40.9 cm³/mol. The fraction of sp³-hybridized carbons (Fsp3) is 1.00. The molecule has 7 heteroatoms. The summed E-state index contributed by atoms with van der Waals surface area (Å²) in [5.74, 6) is -2.58. The van der Waals surface area contributed by atoms with Gasteiger partial charge in [0.25, 0.3) is 0 Å². The summed E-state index contributed by atoms with van der Waals surface area (Å²) in [6, 6.07) is 0. The molecule has 5 N–H and O–H groups in total. The summed E-state index contributed by atoms with van der Waals surface area (Å²) in [4.78, 5) is 0. The molecule has 0 unspecified atom stereocenters. The number of alkyl halides is 1. The summed E-state index contributed by atoms with van der Waals surface area (Å²) >= 11 is 0. The highest BCUT2D eigenvalue weighted by Gasteiger charge is 2.52. The molecular formula is C7H13FO6. The van der Waals surface area contributed by atoms with Crippen LogP contribution in [0.4, 0.5) is 4.39 Å². The van der Waals surface area contributed by atoms with E-state index in [0.717, 1.165) is 0 Å². The molecule has 1 fully saturated rings. The lowest BCUT2D eigenvalue weighted by atomic mass is 9.93. The van der Waals surface area contributed by atoms with E-state index in [2.05, 4.69) is 4.74 Å². The zero-order chi connectivity index (χ0) is 10.9. The maximum Gasteiger partial charge on any atom is 0.224 e. The number of halogens is 1. The second-order valence-corrected chi connectivity index (χ2v) is 3.24. The third-order valence-electron chi connectivity index (χ3n) is 2.24. The molecule has 0 aliphatic carbocycles. The minimum absolute atomic E-state index is 0.701. The molecule has 0 spiro atoms. The normalized spacial score (nSPS) is 49.3. The predicted octanol–water partition coefficient (Wildman–Crippen LogP) is -2.88. The van der Waals surface area contributed by atoms with Crippen LogP contribution in [0.1, 0.15) is 0 Å². The first-order chi connectivity index (χ1) is 6.46. The Morgan fingerprint density at radius 1 is 1.21 bits per heavy atom. The Morgan fingerprint density at radius 3 is 2.21 bits per heavy atom. The van der Waals surface area contributed by atoms with Crippen molar-refractivity contribution in [2.75, 3.05) is 13.3 Å². The van der Waals surface area contributed by atoms with Gasteiger partial charge in [0.2, 0.25) is 5.79 Å². The minimum Gasteiger partial charge on any atom is -0.394 e. The molecule has 1 rings (SSSR count). The first-order valence-corrected chi connectivity index (χ1v) is 4.07. The van der Waals surface area contributed by atoms with E-state index in [0.29, 0.717) is 0 Å². The third kappa shape index (κ3) is 1.74. The molecule has 0 aromatic heterocycles. The number of hydrogen-bond donors (Lipinski definition) is 5. The molecule has 84 valence electrons. The number of rotatable bonds is 2. The van der Waals surface area contributed by atoms with Crippen LogP contribution in [-0.2, 0) is 4.74 Å². The molecule has 5 atom stereocenters. The molecule has 6 nitrogen and oxygen atoms in total. The Balaban J connectivity index is 2.84. The second kappa shape index (κ2) is 4.05. The van der Waals surface area contributed by atoms with Gasteiger partial charge in [-0.1, -0.05) is 0 Å². The molecule has 0 amide bonds. The van der Waals surface area contributed by atoms with Gasteiger partial charge in [0.15, 0.2) is 0 Å². The number of hydrogen-bond acceptors (Lipinski definition) is 6. The molecule has 1 heterocycles. The van der Waals surface area contributed by atoms with Gasteiger partial charge in [0.1, 0.15) is 31.1 Å². The van der Waals surface area contributed by atoms with E-state index in [-0.39, 0.29) is 0 Å². The van der Waals surface area contributed by atoms with Crippen molar-refractivity contribution >= 4 is 0 Å². The maximum absolute atomic E-state index is 12.3. The standard InChI is InChI=1S/C7H13FO6/c8-2-7(13)6(12)5(11)4(10)3(1-9)14-7/h3-6,9-13H,1-2H2/t3-,4-,5+,6-,7+/m1/s1. The minimum atomic E-state index is -2.58. The van der Waals surface area contributed by atoms with E-state index in [1.807, 2.05) is 0 Å². The summed E-state index contributed by atoms with van der Waals surface area (Å²) in [5.41, 5.74) is 0. The van der Waals surface area contributed by atoms with Crippen molar-refractivity contribution in [1.82, 2.24) is 0 Å². The Bertz CT molecular complexity index is 201. The second-order valence-electron chi connectivity index (χ2n) is 3.24. The van der Waals surface area contributed by atoms with Gasteiger partial charge in [-0.2, -0.15) is 0 Å². The Morgan fingerprint density at radius 2 is 1.79 bits per heavy atom. The first-order valence-electron chi connectivity index (χ1n) is 4.07. The average molecular weight is 212 g/mol. The fourth-order valence-electron chi connectivity index (χ4n) is 1.33. The van der Waals surface area contributed by atoms with Crippen molar-refractivity contribution in [2.45, 2.75) is 30.2 Å². The van der Waals surface area contributed by atoms with Crippen LogP contribution in [0.2, 0.25) is 0 Å². The third-order valence-corrected chi connectivity index (χ3v) is 2.24. The largest absolute Gasteiger partial charge is 0.394 e. The smallest absolute Gasteiger partial charge is 0.224 e. The SMILES string of the molecule is OC[C@H]1O[C@@](O)(CF)[C@H](O)[C@@H](O)[C@@H]1O. The summed E-state index contributed by atoms with van der Waals surface area (Å²) in [6.07, 6.45) is -6.61. The summed E-state index contributed by atoms with van der Waals surface area (Å²) in [5, 5.41) is 45.6. The first kappa shape index (κ1) is 11.8. The highest BCUT2D eigenvalue weighted by atomic mass is 19.1. The van der Waals surface area contributed by atoms with Crippen LogP contribution in [-0.4, -0.2) is 69.0 Å². The zero-order valence-electron chi connectivity index (χ0n) is 7.25. The van der Waals surface area contributed by atoms with Crippen LogP contribution in [0.5, 0.6) is 0 Å². The molecule has 1 aliphatic rings. The molecule has 1 aliphatic heterocycles. The molecule has 1 saturated heterocycles. The number of aliphatic hydroxyl groups excluding tert-OH is 4. The van der Waals surface area contributed by atoms with Crippen LogP contribution in [0.25, 0.3) is 0 Å². The summed E-state index contributed by atoms with van der Waals surface area (Å²) < 4.78 is 16.9. The number of aliphatic hydroxyl groups is 5. The Kier molecular flexibility index (Phi) is 3.40. The topological polar surface area (TPSA) is 110 Å². The molecule has 14 heavy (non-hydrogen) atoms. The van der Waals surface area contributed by atoms with Crippen LogP contribution < -0.4 is 0 Å². The van der Waals surface area contributed by atoms with Crippen molar-refractivity contribution in [3.63, 3.8) is 0 Å². The van der Waals surface area contributed by atoms with Gasteiger partial charge < -0.3 is 30.3 Å². The van der Waals surface area contributed by atoms with E-state index in [4.69, 9.17) is 5.11 Å². The maximum atomic E-state index is 12.3. The van der Waals surface area contributed by atoms with Gasteiger partial charge in [-0.3, -0.25) is 0 Å². The fourth-order valence-corrected chi connectivity index (χ4v) is 1.33. The average Bonchev–Trinajstić information content (AvgIpc) is 2.20. The molecule has 0 aromatic rings. The van der Waals surface area contributed by atoms with Gasteiger partial charge in [-0.05, 0) is 0 Å². The Hall–Kier alpha value is -0.310. The summed E-state index contributed by atoms with van der Waals surface area (Å²) in [6.45, 7) is -2.15. The van der Waals surface area contributed by atoms with Crippen molar-refractivity contribution in [3.8, 4) is 0 Å². The van der Waals surface area contributed by atoms with E-state index >= 15 is 0 Å². The highest BCUT2D eigenvalue weighted by molar-refractivity contribution is 4.95. The summed E-state index contributed by atoms with van der Waals surface area (Å²) in [7, 11) is 0. The highest BCUT2D eigenvalue weighted by Crippen LogP contribution is 2.28. The lowest BCUT2D eigenvalue weighted by molar-refractivity contribution is -0.352. The van der Waals surface area contributed by atoms with E-state index in [1.165, 1.54) is 0 Å². The van der Waals surface area contributed by atoms with Crippen LogP contribution in [0, 0.1) is 0 Å². The van der Waals surface area contributed by atoms with Crippen molar-refractivity contribution in [3.05, 3.63) is 0 Å². The van der Waals surface area contributed by atoms with Gasteiger partial charge in [-0.25, -0.2) is 4.39 Å². The molecule has 0 bridgehead atoms. The number of ether oxygens (including phenoxy) is 1. The van der Waals surface area contributed by atoms with Gasteiger partial charge in [-0.15, -0.1) is 0 Å². The van der Waals surface area contributed by atoms with Crippen molar-refractivity contribution < 1.29 is 34.7 Å². The van der Waals surface area contributed by atoms with Crippen LogP contribution >= 0.6 is 0 Å². The molecule has 0 saturated carbocycles. The molecule has 0 aromatic carbocycles. The van der Waals surface area contributed by atoms with Gasteiger partial charge in [0, 0.05) is 0 Å². The van der Waals surface area contributed by atoms with E-state index in [9.17, 15) is 24.8 Å². The molecular weight excluding hydrogens is 199 g/mol. The molecule has 0 radical (unpaired) electrons. The van der Waals surface area contributed by atoms with Crippen molar-refractivity contribution in [2.24, 2.45) is 0 Å². The Labute approximate surface area is 79.2 Å². The lowest BCUT2D eigenvalue weighted by Crippen LogP contribution is -2.66. The van der Waals surface area contributed by atoms with E-state index in [1.54, 1.807) is 0 Å². The van der Waals surface area contributed by atoms with Gasteiger partial charge >= 0.3 is 0 Å². The van der Waals surface area contributed by atoms with Gasteiger partial charge in [0.05, 0.1) is 6.61 Å². The van der Waals surface area contributed by atoms with Crippen molar-refractivity contribution in [1.29, 1.82) is 0 Å². The van der Waals surface area contributed by atoms with E-state index < -0.39 is 43.5 Å². The van der Waals surface area contributed by atoms with Crippen LogP contribution in [0.3, 0.4) is 0 Å². The van der Waals surface area contributed by atoms with Crippen LogP contribution in [0.15, 0.2) is 0 Å². The zero-order valence-corrected chi connectivity index (χ0v) is 7.25. The monoisotopic (exact) mass is 212 g/mol. The lowest BCUT2D eigenvalue weighted by Gasteiger charge is -2.43. The quantitative estimate of drug-likeness (QED) is 0.336.